The summed E-state index contributed by atoms with van der Waals surface area (Å²) in [5.74, 6) is 0.691. The SMILES string of the molecule is COc1ccccc1-c1cc(C)c(S(=O)(=O)N2C[C@H]3CCN(C)C(=O)[C@H]3C2)cc1C. The average molecular weight is 429 g/mol. The van der Waals surface area contributed by atoms with Crippen molar-refractivity contribution >= 4 is 15.9 Å². The fourth-order valence-corrected chi connectivity index (χ4v) is 6.53. The van der Waals surface area contributed by atoms with Gasteiger partial charge in [-0.25, -0.2) is 8.42 Å². The summed E-state index contributed by atoms with van der Waals surface area (Å²) in [6.07, 6.45) is 0.851. The Kier molecular flexibility index (Phi) is 5.36. The molecule has 2 atom stereocenters. The number of aryl methyl sites for hydroxylation is 2. The van der Waals surface area contributed by atoms with Gasteiger partial charge in [0.2, 0.25) is 15.9 Å². The molecule has 6 nitrogen and oxygen atoms in total. The van der Waals surface area contributed by atoms with E-state index in [1.54, 1.807) is 25.1 Å². The zero-order valence-electron chi connectivity index (χ0n) is 17.9. The summed E-state index contributed by atoms with van der Waals surface area (Å²) in [7, 11) is -0.252. The first-order valence-corrected chi connectivity index (χ1v) is 11.7. The molecule has 0 unspecified atom stereocenters. The monoisotopic (exact) mass is 428 g/mol. The van der Waals surface area contributed by atoms with Gasteiger partial charge < -0.3 is 9.64 Å². The van der Waals surface area contributed by atoms with E-state index in [9.17, 15) is 13.2 Å². The first-order chi connectivity index (χ1) is 14.2. The van der Waals surface area contributed by atoms with Crippen LogP contribution < -0.4 is 4.74 Å². The normalized spacial score (nSPS) is 22.3. The maximum atomic E-state index is 13.5. The number of likely N-dealkylation sites (tertiary alicyclic amines) is 1. The lowest BCUT2D eigenvalue weighted by Crippen LogP contribution is -2.42. The molecular weight excluding hydrogens is 400 g/mol. The molecule has 2 fully saturated rings. The number of rotatable bonds is 4. The number of benzene rings is 2. The molecule has 0 aromatic heterocycles. The van der Waals surface area contributed by atoms with Crippen LogP contribution in [-0.4, -0.2) is 57.3 Å². The van der Waals surface area contributed by atoms with Gasteiger partial charge in [0, 0.05) is 32.2 Å². The summed E-state index contributed by atoms with van der Waals surface area (Å²) in [6.45, 7) is 5.12. The number of carbonyl (C=O) groups excluding carboxylic acids is 1. The van der Waals surface area contributed by atoms with Crippen LogP contribution in [0.3, 0.4) is 0 Å². The molecule has 2 saturated heterocycles. The third-order valence-electron chi connectivity index (χ3n) is 6.47. The predicted octanol–water partition coefficient (Wildman–Crippen LogP) is 3.08. The Balaban J connectivity index is 1.69. The lowest BCUT2D eigenvalue weighted by atomic mass is 9.88. The second kappa shape index (κ2) is 7.71. The lowest BCUT2D eigenvalue weighted by Gasteiger charge is -2.30. The van der Waals surface area contributed by atoms with Crippen LogP contribution in [0.2, 0.25) is 0 Å². The van der Waals surface area contributed by atoms with E-state index >= 15 is 0 Å². The molecule has 2 heterocycles. The van der Waals surface area contributed by atoms with Crippen molar-refractivity contribution < 1.29 is 17.9 Å². The number of nitrogens with zero attached hydrogens (tertiary/aromatic N) is 2. The van der Waals surface area contributed by atoms with Crippen molar-refractivity contribution in [3.63, 3.8) is 0 Å². The fourth-order valence-electron chi connectivity index (χ4n) is 4.72. The first-order valence-electron chi connectivity index (χ1n) is 10.2. The molecule has 2 aromatic carbocycles. The maximum Gasteiger partial charge on any atom is 0.243 e. The molecule has 0 saturated carbocycles. The van der Waals surface area contributed by atoms with E-state index in [-0.39, 0.29) is 24.3 Å². The molecule has 160 valence electrons. The molecule has 2 aliphatic rings. The number of carbonyl (C=O) groups is 1. The zero-order valence-corrected chi connectivity index (χ0v) is 18.7. The van der Waals surface area contributed by atoms with Gasteiger partial charge in [0.15, 0.2) is 0 Å². The van der Waals surface area contributed by atoms with E-state index < -0.39 is 10.0 Å². The van der Waals surface area contributed by atoms with Crippen LogP contribution in [0.25, 0.3) is 11.1 Å². The van der Waals surface area contributed by atoms with Gasteiger partial charge in [-0.1, -0.05) is 18.2 Å². The molecule has 7 heteroatoms. The van der Waals surface area contributed by atoms with Gasteiger partial charge in [0.25, 0.3) is 0 Å². The quantitative estimate of drug-likeness (QED) is 0.751. The highest BCUT2D eigenvalue weighted by Crippen LogP contribution is 2.38. The number of hydrogen-bond acceptors (Lipinski definition) is 4. The topological polar surface area (TPSA) is 66.9 Å². The largest absolute Gasteiger partial charge is 0.496 e. The van der Waals surface area contributed by atoms with E-state index in [0.717, 1.165) is 28.9 Å². The van der Waals surface area contributed by atoms with Crippen LogP contribution in [-0.2, 0) is 14.8 Å². The highest BCUT2D eigenvalue weighted by atomic mass is 32.2. The molecular formula is C23H28N2O4S. The van der Waals surface area contributed by atoms with Crippen LogP contribution in [0.15, 0.2) is 41.3 Å². The number of piperidine rings is 1. The van der Waals surface area contributed by atoms with Crippen molar-refractivity contribution in [3.8, 4) is 16.9 Å². The van der Waals surface area contributed by atoms with Crippen LogP contribution >= 0.6 is 0 Å². The average Bonchev–Trinajstić information content (AvgIpc) is 3.18. The minimum absolute atomic E-state index is 0.0587. The van der Waals surface area contributed by atoms with Gasteiger partial charge >= 0.3 is 0 Å². The summed E-state index contributed by atoms with van der Waals surface area (Å²) in [5, 5.41) is 0. The zero-order chi connectivity index (χ0) is 21.6. The maximum absolute atomic E-state index is 13.5. The lowest BCUT2D eigenvalue weighted by molar-refractivity contribution is -0.137. The summed E-state index contributed by atoms with van der Waals surface area (Å²) in [4.78, 5) is 14.5. The van der Waals surface area contributed by atoms with Crippen LogP contribution in [0.4, 0.5) is 0 Å². The standard InChI is InChI=1S/C23H28N2O4S/c1-15-12-22(16(2)11-19(15)18-7-5-6-8-21(18)29-4)30(27,28)25-13-17-9-10-24(3)23(26)20(17)14-25/h5-8,11-12,17,20H,9-10,13-14H2,1-4H3/t17-,20+/m1/s1. The molecule has 0 aliphatic carbocycles. The van der Waals surface area contributed by atoms with Crippen molar-refractivity contribution in [2.24, 2.45) is 11.8 Å². The Bertz CT molecular complexity index is 1100. The van der Waals surface area contributed by atoms with Crippen molar-refractivity contribution in [3.05, 3.63) is 47.5 Å². The Morgan fingerprint density at radius 2 is 1.77 bits per heavy atom. The summed E-state index contributed by atoms with van der Waals surface area (Å²) in [6, 6.07) is 11.4. The third-order valence-corrected chi connectivity index (χ3v) is 8.45. The number of para-hydroxylation sites is 1. The van der Waals surface area contributed by atoms with Crippen LogP contribution in [0.5, 0.6) is 5.75 Å². The molecule has 2 aromatic rings. The van der Waals surface area contributed by atoms with E-state index in [2.05, 4.69) is 0 Å². The number of fused-ring (bicyclic) bond motifs is 1. The van der Waals surface area contributed by atoms with E-state index in [1.807, 2.05) is 44.2 Å². The number of methoxy groups -OCH3 is 1. The van der Waals surface area contributed by atoms with E-state index in [4.69, 9.17) is 4.74 Å². The van der Waals surface area contributed by atoms with Gasteiger partial charge in [-0.05, 0) is 61.1 Å². The van der Waals surface area contributed by atoms with Crippen molar-refractivity contribution in [2.45, 2.75) is 25.2 Å². The second-order valence-electron chi connectivity index (χ2n) is 8.37. The number of hydrogen-bond donors (Lipinski definition) is 0. The van der Waals surface area contributed by atoms with Gasteiger partial charge in [-0.2, -0.15) is 4.31 Å². The predicted molar refractivity (Wildman–Crippen MR) is 116 cm³/mol. The van der Waals surface area contributed by atoms with Crippen LogP contribution in [0.1, 0.15) is 17.5 Å². The van der Waals surface area contributed by atoms with E-state index in [0.29, 0.717) is 23.5 Å². The summed E-state index contributed by atoms with van der Waals surface area (Å²) >= 11 is 0. The van der Waals surface area contributed by atoms with E-state index in [1.165, 1.54) is 4.31 Å². The molecule has 2 aliphatic heterocycles. The molecule has 0 spiro atoms. The van der Waals surface area contributed by atoms with Crippen molar-refractivity contribution in [1.29, 1.82) is 0 Å². The third kappa shape index (κ3) is 3.40. The van der Waals surface area contributed by atoms with Crippen LogP contribution in [0, 0.1) is 25.7 Å². The summed E-state index contributed by atoms with van der Waals surface area (Å²) < 4.78 is 34.0. The highest BCUT2D eigenvalue weighted by Gasteiger charge is 2.46. The van der Waals surface area contributed by atoms with Gasteiger partial charge in [0.05, 0.1) is 17.9 Å². The van der Waals surface area contributed by atoms with Gasteiger partial charge in [-0.3, -0.25) is 4.79 Å². The molecule has 0 N–H and O–H groups in total. The minimum Gasteiger partial charge on any atom is -0.496 e. The smallest absolute Gasteiger partial charge is 0.243 e. The Morgan fingerprint density at radius 1 is 1.03 bits per heavy atom. The molecule has 0 bridgehead atoms. The van der Waals surface area contributed by atoms with Gasteiger partial charge in [0.1, 0.15) is 5.75 Å². The minimum atomic E-state index is -3.67. The molecule has 0 radical (unpaired) electrons. The Morgan fingerprint density at radius 3 is 2.50 bits per heavy atom. The Hall–Kier alpha value is -2.38. The molecule has 30 heavy (non-hydrogen) atoms. The second-order valence-corrected chi connectivity index (χ2v) is 10.3. The van der Waals surface area contributed by atoms with Crippen molar-refractivity contribution in [1.82, 2.24) is 9.21 Å². The summed E-state index contributed by atoms with van der Waals surface area (Å²) in [5.41, 5.74) is 3.46. The Labute approximate surface area is 178 Å². The molecule has 4 rings (SSSR count). The van der Waals surface area contributed by atoms with Crippen molar-refractivity contribution in [2.75, 3.05) is 33.8 Å². The highest BCUT2D eigenvalue weighted by molar-refractivity contribution is 7.89. The number of amides is 1. The number of ether oxygens (including phenoxy) is 1. The first kappa shape index (κ1) is 20.9. The molecule has 1 amide bonds. The fraction of sp³-hybridized carbons (Fsp3) is 0.435. The number of sulfonamides is 1. The van der Waals surface area contributed by atoms with Gasteiger partial charge in [-0.15, -0.1) is 0 Å².